The molecule has 0 aliphatic rings. The smallest absolute Gasteiger partial charge is 0.187 e. The van der Waals surface area contributed by atoms with Crippen LogP contribution in [0.1, 0.15) is 20.1 Å². The van der Waals surface area contributed by atoms with Crippen molar-refractivity contribution in [2.24, 2.45) is 0 Å². The molecular formula is C14H13ClO3S2. The van der Waals surface area contributed by atoms with E-state index in [-0.39, 0.29) is 11.5 Å². The van der Waals surface area contributed by atoms with Crippen molar-refractivity contribution in [2.75, 3.05) is 5.75 Å². The molecule has 0 atom stereocenters. The van der Waals surface area contributed by atoms with Crippen molar-refractivity contribution in [1.82, 2.24) is 0 Å². The molecule has 0 spiro atoms. The molecule has 0 bridgehead atoms. The zero-order valence-corrected chi connectivity index (χ0v) is 13.2. The van der Waals surface area contributed by atoms with Crippen LogP contribution in [-0.2, 0) is 15.6 Å². The lowest BCUT2D eigenvalue weighted by Gasteiger charge is -2.03. The number of thiophene rings is 1. The molecule has 2 aromatic rings. The fourth-order valence-electron chi connectivity index (χ4n) is 1.74. The Bertz CT molecular complexity index is 715. The van der Waals surface area contributed by atoms with Gasteiger partial charge < -0.3 is 0 Å². The number of carbonyl (C=O) groups excluding carboxylic acids is 1. The number of rotatable bonds is 5. The number of carbonyl (C=O) groups is 1. The van der Waals surface area contributed by atoms with E-state index >= 15 is 0 Å². The molecule has 1 aromatic heterocycles. The van der Waals surface area contributed by atoms with Gasteiger partial charge in [-0.2, -0.15) is 0 Å². The van der Waals surface area contributed by atoms with Crippen LogP contribution in [0.3, 0.4) is 0 Å². The minimum Gasteiger partial charge on any atom is -0.292 e. The number of halogens is 1. The van der Waals surface area contributed by atoms with Crippen molar-refractivity contribution < 1.29 is 13.2 Å². The lowest BCUT2D eigenvalue weighted by Crippen LogP contribution is -2.17. The van der Waals surface area contributed by atoms with Crippen LogP contribution in [-0.4, -0.2) is 20.0 Å². The van der Waals surface area contributed by atoms with Gasteiger partial charge in [-0.05, 0) is 36.8 Å². The van der Waals surface area contributed by atoms with Crippen LogP contribution in [0.2, 0.25) is 5.02 Å². The molecule has 0 radical (unpaired) electrons. The average molecular weight is 329 g/mol. The first kappa shape index (κ1) is 15.2. The Kier molecular flexibility index (Phi) is 4.62. The second-order valence-electron chi connectivity index (χ2n) is 4.49. The van der Waals surface area contributed by atoms with Crippen LogP contribution in [0.15, 0.2) is 36.4 Å². The molecule has 0 saturated heterocycles. The van der Waals surface area contributed by atoms with Crippen molar-refractivity contribution in [3.8, 4) is 0 Å². The zero-order valence-electron chi connectivity index (χ0n) is 10.8. The van der Waals surface area contributed by atoms with Crippen LogP contribution in [0, 0.1) is 6.92 Å². The summed E-state index contributed by atoms with van der Waals surface area (Å²) in [5.74, 6) is -0.965. The number of Topliss-reactive ketones (excluding diaryl/α,β-unsaturated/α-hetero) is 1. The zero-order chi connectivity index (χ0) is 14.8. The first-order valence-corrected chi connectivity index (χ1v) is 8.92. The van der Waals surface area contributed by atoms with E-state index in [2.05, 4.69) is 0 Å². The van der Waals surface area contributed by atoms with E-state index < -0.39 is 15.6 Å². The summed E-state index contributed by atoms with van der Waals surface area (Å²) < 4.78 is 24.1. The molecule has 1 heterocycles. The highest BCUT2D eigenvalue weighted by Gasteiger charge is 2.19. The van der Waals surface area contributed by atoms with Gasteiger partial charge in [0.25, 0.3) is 0 Å². The number of aryl methyl sites for hydroxylation is 1. The van der Waals surface area contributed by atoms with Gasteiger partial charge >= 0.3 is 0 Å². The molecule has 20 heavy (non-hydrogen) atoms. The van der Waals surface area contributed by atoms with Gasteiger partial charge in [-0.25, -0.2) is 8.42 Å². The highest BCUT2D eigenvalue weighted by Crippen LogP contribution is 2.18. The van der Waals surface area contributed by atoms with Crippen LogP contribution >= 0.6 is 22.9 Å². The fourth-order valence-corrected chi connectivity index (χ4v) is 4.12. The monoisotopic (exact) mass is 328 g/mol. The summed E-state index contributed by atoms with van der Waals surface area (Å²) in [5.41, 5.74) is 0.629. The van der Waals surface area contributed by atoms with Crippen molar-refractivity contribution in [3.63, 3.8) is 0 Å². The summed E-state index contributed by atoms with van der Waals surface area (Å²) >= 11 is 7.06. The van der Waals surface area contributed by atoms with Gasteiger partial charge in [0.2, 0.25) is 0 Å². The number of sulfone groups is 1. The molecule has 0 aliphatic heterocycles. The number of hydrogen-bond acceptors (Lipinski definition) is 4. The van der Waals surface area contributed by atoms with Crippen LogP contribution < -0.4 is 0 Å². The molecule has 0 unspecified atom stereocenters. The minimum atomic E-state index is -3.47. The summed E-state index contributed by atoms with van der Waals surface area (Å²) in [5, 5.41) is 0.552. The first-order chi connectivity index (χ1) is 9.35. The largest absolute Gasteiger partial charge is 0.292 e. The summed E-state index contributed by atoms with van der Waals surface area (Å²) in [6, 6.07) is 10.1. The van der Waals surface area contributed by atoms with E-state index in [0.29, 0.717) is 15.5 Å². The molecule has 0 saturated carbocycles. The van der Waals surface area contributed by atoms with Crippen molar-refractivity contribution in [3.05, 3.63) is 56.7 Å². The second-order valence-corrected chi connectivity index (χ2v) is 8.28. The van der Waals surface area contributed by atoms with Crippen LogP contribution in [0.25, 0.3) is 0 Å². The third-order valence-electron chi connectivity index (χ3n) is 2.67. The maximum absolute atomic E-state index is 12.0. The summed E-state index contributed by atoms with van der Waals surface area (Å²) in [6.07, 6.45) is 0. The van der Waals surface area contributed by atoms with E-state index in [9.17, 15) is 13.2 Å². The number of ketones is 1. The normalized spacial score (nSPS) is 11.5. The maximum atomic E-state index is 12.0. The average Bonchev–Trinajstić information content (AvgIpc) is 2.78. The molecule has 0 N–H and O–H groups in total. The minimum absolute atomic E-state index is 0.153. The van der Waals surface area contributed by atoms with Crippen molar-refractivity contribution in [2.45, 2.75) is 12.7 Å². The van der Waals surface area contributed by atoms with E-state index in [4.69, 9.17) is 11.6 Å². The highest BCUT2D eigenvalue weighted by atomic mass is 35.5. The Balaban J connectivity index is 2.07. The van der Waals surface area contributed by atoms with Gasteiger partial charge in [0.05, 0.1) is 10.6 Å². The second kappa shape index (κ2) is 6.08. The Morgan fingerprint density at radius 1 is 1.15 bits per heavy atom. The lowest BCUT2D eigenvalue weighted by atomic mass is 10.2. The molecule has 2 rings (SSSR count). The third-order valence-corrected chi connectivity index (χ3v) is 5.43. The molecule has 0 amide bonds. The molecule has 0 fully saturated rings. The van der Waals surface area contributed by atoms with E-state index in [0.717, 1.165) is 4.88 Å². The quantitative estimate of drug-likeness (QED) is 0.789. The molecule has 0 aliphatic carbocycles. The number of benzene rings is 1. The number of hydrogen-bond donors (Lipinski definition) is 0. The van der Waals surface area contributed by atoms with Gasteiger partial charge in [0.1, 0.15) is 5.75 Å². The maximum Gasteiger partial charge on any atom is 0.187 e. The third kappa shape index (κ3) is 4.16. The molecule has 6 heteroatoms. The Morgan fingerprint density at radius 2 is 1.80 bits per heavy atom. The predicted octanol–water partition coefficient (Wildman–Crippen LogP) is 3.51. The van der Waals surface area contributed by atoms with E-state index in [1.54, 1.807) is 30.3 Å². The first-order valence-electron chi connectivity index (χ1n) is 5.90. The van der Waals surface area contributed by atoms with E-state index in [1.165, 1.54) is 11.3 Å². The molecule has 3 nitrogen and oxygen atoms in total. The molecule has 106 valence electrons. The standard InChI is InChI=1S/C14H13ClO3S2/c1-10-2-7-14(19-10)13(16)9-20(17,18)8-11-3-5-12(15)6-4-11/h2-7H,8-9H2,1H3. The predicted molar refractivity (Wildman–Crippen MR) is 82.3 cm³/mol. The Hall–Kier alpha value is -1.17. The van der Waals surface area contributed by atoms with Crippen molar-refractivity contribution in [1.29, 1.82) is 0 Å². The summed E-state index contributed by atoms with van der Waals surface area (Å²) in [7, 11) is -3.47. The molecule has 1 aromatic carbocycles. The lowest BCUT2D eigenvalue weighted by molar-refractivity contribution is 0.102. The SMILES string of the molecule is Cc1ccc(C(=O)CS(=O)(=O)Cc2ccc(Cl)cc2)s1. The van der Waals surface area contributed by atoms with Crippen LogP contribution in [0.4, 0.5) is 0 Å². The fraction of sp³-hybridized carbons (Fsp3) is 0.214. The topological polar surface area (TPSA) is 51.2 Å². The van der Waals surface area contributed by atoms with Gasteiger partial charge in [-0.1, -0.05) is 23.7 Å². The molecular weight excluding hydrogens is 316 g/mol. The summed E-state index contributed by atoms with van der Waals surface area (Å²) in [4.78, 5) is 13.4. The Morgan fingerprint density at radius 3 is 2.35 bits per heavy atom. The van der Waals surface area contributed by atoms with Gasteiger partial charge in [-0.3, -0.25) is 4.79 Å². The Labute approximate surface area is 127 Å². The van der Waals surface area contributed by atoms with Gasteiger partial charge in [-0.15, -0.1) is 11.3 Å². The van der Waals surface area contributed by atoms with Crippen LogP contribution in [0.5, 0.6) is 0 Å². The van der Waals surface area contributed by atoms with Gasteiger partial charge in [0.15, 0.2) is 15.6 Å². The van der Waals surface area contributed by atoms with Crippen molar-refractivity contribution >= 4 is 38.6 Å². The van der Waals surface area contributed by atoms with E-state index in [1.807, 2.05) is 13.0 Å². The van der Waals surface area contributed by atoms with Gasteiger partial charge in [0, 0.05) is 9.90 Å². The summed E-state index contributed by atoms with van der Waals surface area (Å²) in [6.45, 7) is 1.88. The highest BCUT2D eigenvalue weighted by molar-refractivity contribution is 7.91.